The molecule has 2 aromatic rings. The van der Waals surface area contributed by atoms with E-state index in [0.717, 1.165) is 0 Å². The zero-order valence-electron chi connectivity index (χ0n) is 10.9. The fourth-order valence-electron chi connectivity index (χ4n) is 1.55. The maximum atomic E-state index is 11.9. The molecule has 0 saturated heterocycles. The molecule has 104 valence electrons. The van der Waals surface area contributed by atoms with Gasteiger partial charge in [0.15, 0.2) is 5.82 Å². The molecule has 1 N–H and O–H groups in total. The first kappa shape index (κ1) is 13.7. The lowest BCUT2D eigenvalue weighted by Crippen LogP contribution is -2.14. The number of nitrogens with one attached hydrogen (secondary N) is 1. The van der Waals surface area contributed by atoms with Crippen molar-refractivity contribution in [1.82, 2.24) is 15.0 Å². The molecule has 7 heteroatoms. The standard InChI is InChI=1S/C13H14N4O3/c1-2-20-12(18)9-17-8-11(15-16-17)14-13(19)10-6-4-3-5-7-10/h3-8H,2,9H2,1H3,(H,14,19). The summed E-state index contributed by atoms with van der Waals surface area (Å²) in [6.07, 6.45) is 1.47. The molecule has 2 rings (SSSR count). The minimum atomic E-state index is -0.404. The van der Waals surface area contributed by atoms with Crippen LogP contribution in [0.4, 0.5) is 5.82 Å². The minimum Gasteiger partial charge on any atom is -0.465 e. The molecule has 20 heavy (non-hydrogen) atoms. The number of ether oxygens (including phenoxy) is 1. The Morgan fingerprint density at radius 1 is 1.30 bits per heavy atom. The van der Waals surface area contributed by atoms with Crippen LogP contribution in [-0.4, -0.2) is 33.5 Å². The summed E-state index contributed by atoms with van der Waals surface area (Å²) in [6.45, 7) is 2.00. The molecule has 1 aromatic carbocycles. The van der Waals surface area contributed by atoms with Crippen molar-refractivity contribution in [2.24, 2.45) is 0 Å². The van der Waals surface area contributed by atoms with E-state index >= 15 is 0 Å². The fraction of sp³-hybridized carbons (Fsp3) is 0.231. The number of carbonyl (C=O) groups is 2. The zero-order chi connectivity index (χ0) is 14.4. The summed E-state index contributed by atoms with van der Waals surface area (Å²) in [6, 6.07) is 8.75. The molecular formula is C13H14N4O3. The van der Waals surface area contributed by atoms with Crippen molar-refractivity contribution in [3.05, 3.63) is 42.1 Å². The number of benzene rings is 1. The molecule has 0 spiro atoms. The summed E-state index contributed by atoms with van der Waals surface area (Å²) in [5, 5.41) is 10.1. The van der Waals surface area contributed by atoms with Crippen LogP contribution in [0.1, 0.15) is 17.3 Å². The van der Waals surface area contributed by atoms with Crippen molar-refractivity contribution in [2.45, 2.75) is 13.5 Å². The Bertz CT molecular complexity index is 595. The molecule has 0 fully saturated rings. The van der Waals surface area contributed by atoms with Gasteiger partial charge in [-0.05, 0) is 19.1 Å². The summed E-state index contributed by atoms with van der Waals surface area (Å²) < 4.78 is 6.09. The highest BCUT2D eigenvalue weighted by atomic mass is 16.5. The first-order valence-corrected chi connectivity index (χ1v) is 6.11. The van der Waals surface area contributed by atoms with Gasteiger partial charge in [-0.3, -0.25) is 9.59 Å². The first-order chi connectivity index (χ1) is 9.69. The van der Waals surface area contributed by atoms with Crippen LogP contribution in [-0.2, 0) is 16.1 Å². The molecular weight excluding hydrogens is 260 g/mol. The van der Waals surface area contributed by atoms with Crippen LogP contribution in [0, 0.1) is 0 Å². The van der Waals surface area contributed by atoms with E-state index in [2.05, 4.69) is 15.6 Å². The second-order valence-electron chi connectivity index (χ2n) is 3.93. The molecule has 1 aromatic heterocycles. The Hall–Kier alpha value is -2.70. The van der Waals surface area contributed by atoms with Crippen LogP contribution >= 0.6 is 0 Å². The molecule has 7 nitrogen and oxygen atoms in total. The van der Waals surface area contributed by atoms with Gasteiger partial charge in [0.05, 0.1) is 12.8 Å². The Morgan fingerprint density at radius 2 is 2.05 bits per heavy atom. The first-order valence-electron chi connectivity index (χ1n) is 6.11. The van der Waals surface area contributed by atoms with E-state index in [9.17, 15) is 9.59 Å². The second kappa shape index (κ2) is 6.46. The van der Waals surface area contributed by atoms with E-state index in [1.807, 2.05) is 6.07 Å². The lowest BCUT2D eigenvalue weighted by atomic mass is 10.2. The Labute approximate surface area is 115 Å². The summed E-state index contributed by atoms with van der Waals surface area (Å²) in [4.78, 5) is 23.1. The van der Waals surface area contributed by atoms with Gasteiger partial charge in [-0.2, -0.15) is 0 Å². The molecule has 0 radical (unpaired) electrons. The van der Waals surface area contributed by atoms with Crippen LogP contribution in [0.5, 0.6) is 0 Å². The second-order valence-corrected chi connectivity index (χ2v) is 3.93. The number of nitrogens with zero attached hydrogens (tertiary/aromatic N) is 3. The summed E-state index contributed by atoms with van der Waals surface area (Å²) in [5.74, 6) is -0.407. The number of hydrogen-bond acceptors (Lipinski definition) is 5. The number of rotatable bonds is 5. The van der Waals surface area contributed by atoms with Gasteiger partial charge >= 0.3 is 5.97 Å². The van der Waals surface area contributed by atoms with E-state index in [1.54, 1.807) is 31.2 Å². The van der Waals surface area contributed by atoms with Crippen molar-refractivity contribution in [2.75, 3.05) is 11.9 Å². The molecule has 1 amide bonds. The largest absolute Gasteiger partial charge is 0.465 e. The highest BCUT2D eigenvalue weighted by Crippen LogP contribution is 2.05. The highest BCUT2D eigenvalue weighted by molar-refractivity contribution is 6.03. The Morgan fingerprint density at radius 3 is 2.75 bits per heavy atom. The Kier molecular flexibility index (Phi) is 4.43. The lowest BCUT2D eigenvalue weighted by Gasteiger charge is -2.01. The molecule has 0 aliphatic rings. The maximum absolute atomic E-state index is 11.9. The zero-order valence-corrected chi connectivity index (χ0v) is 10.9. The van der Waals surface area contributed by atoms with Crippen LogP contribution < -0.4 is 5.32 Å². The lowest BCUT2D eigenvalue weighted by molar-refractivity contribution is -0.144. The molecule has 0 aliphatic heterocycles. The third kappa shape index (κ3) is 3.64. The van der Waals surface area contributed by atoms with Gasteiger partial charge < -0.3 is 10.1 Å². The van der Waals surface area contributed by atoms with E-state index in [0.29, 0.717) is 12.2 Å². The Balaban J connectivity index is 1.96. The van der Waals surface area contributed by atoms with Crippen LogP contribution in [0.2, 0.25) is 0 Å². The van der Waals surface area contributed by atoms with Crippen LogP contribution in [0.15, 0.2) is 36.5 Å². The molecule has 0 aliphatic carbocycles. The number of aromatic nitrogens is 3. The van der Waals surface area contributed by atoms with E-state index in [4.69, 9.17) is 4.74 Å². The number of anilines is 1. The predicted octanol–water partition coefficient (Wildman–Crippen LogP) is 1.09. The number of esters is 1. The van der Waals surface area contributed by atoms with Crippen molar-refractivity contribution >= 4 is 17.7 Å². The van der Waals surface area contributed by atoms with E-state index < -0.39 is 5.97 Å². The van der Waals surface area contributed by atoms with Gasteiger partial charge in [-0.1, -0.05) is 23.4 Å². The molecule has 0 bridgehead atoms. The van der Waals surface area contributed by atoms with Gasteiger partial charge in [0.2, 0.25) is 0 Å². The van der Waals surface area contributed by atoms with Crippen molar-refractivity contribution < 1.29 is 14.3 Å². The predicted molar refractivity (Wildman–Crippen MR) is 71.1 cm³/mol. The summed E-state index contributed by atoms with van der Waals surface area (Å²) in [5.41, 5.74) is 0.521. The molecule has 0 saturated carbocycles. The average molecular weight is 274 g/mol. The minimum absolute atomic E-state index is 0.0396. The molecule has 1 heterocycles. The third-order valence-electron chi connectivity index (χ3n) is 2.41. The number of hydrogen-bond donors (Lipinski definition) is 1. The summed E-state index contributed by atoms with van der Waals surface area (Å²) in [7, 11) is 0. The topological polar surface area (TPSA) is 86.1 Å². The van der Waals surface area contributed by atoms with Crippen LogP contribution in [0.25, 0.3) is 0 Å². The molecule has 0 unspecified atom stereocenters. The van der Waals surface area contributed by atoms with Crippen molar-refractivity contribution in [3.63, 3.8) is 0 Å². The van der Waals surface area contributed by atoms with Gasteiger partial charge in [-0.15, -0.1) is 5.10 Å². The van der Waals surface area contributed by atoms with Crippen molar-refractivity contribution in [1.29, 1.82) is 0 Å². The third-order valence-corrected chi connectivity index (χ3v) is 2.41. The van der Waals surface area contributed by atoms with E-state index in [1.165, 1.54) is 10.9 Å². The average Bonchev–Trinajstić information content (AvgIpc) is 2.87. The van der Waals surface area contributed by atoms with E-state index in [-0.39, 0.29) is 18.3 Å². The fourth-order valence-corrected chi connectivity index (χ4v) is 1.55. The van der Waals surface area contributed by atoms with Crippen LogP contribution in [0.3, 0.4) is 0 Å². The highest BCUT2D eigenvalue weighted by Gasteiger charge is 2.10. The van der Waals surface area contributed by atoms with Gasteiger partial charge in [0.1, 0.15) is 6.54 Å². The quantitative estimate of drug-likeness (QED) is 0.825. The van der Waals surface area contributed by atoms with Gasteiger partial charge in [0.25, 0.3) is 5.91 Å². The monoisotopic (exact) mass is 274 g/mol. The SMILES string of the molecule is CCOC(=O)Cn1cc(NC(=O)c2ccccc2)nn1. The number of carbonyl (C=O) groups excluding carboxylic acids is 2. The normalized spacial score (nSPS) is 10.1. The smallest absolute Gasteiger partial charge is 0.327 e. The van der Waals surface area contributed by atoms with Gasteiger partial charge in [-0.25, -0.2) is 4.68 Å². The summed E-state index contributed by atoms with van der Waals surface area (Å²) >= 11 is 0. The van der Waals surface area contributed by atoms with Gasteiger partial charge in [0, 0.05) is 5.56 Å². The van der Waals surface area contributed by atoms with Crippen molar-refractivity contribution in [3.8, 4) is 0 Å². The number of amides is 1. The maximum Gasteiger partial charge on any atom is 0.327 e. The molecule has 0 atom stereocenters.